The van der Waals surface area contributed by atoms with Gasteiger partial charge in [0.1, 0.15) is 11.4 Å². The van der Waals surface area contributed by atoms with Gasteiger partial charge in [0, 0.05) is 6.20 Å². The molecule has 4 nitrogen and oxygen atoms in total. The van der Waals surface area contributed by atoms with E-state index in [2.05, 4.69) is 0 Å². The first-order chi connectivity index (χ1) is 9.47. The molecule has 20 heavy (non-hydrogen) atoms. The number of anilines is 1. The molecule has 0 radical (unpaired) electrons. The molecule has 0 aliphatic heterocycles. The van der Waals surface area contributed by atoms with Crippen LogP contribution in [0.5, 0.6) is 5.75 Å². The Bertz CT molecular complexity index is 643. The van der Waals surface area contributed by atoms with Crippen LogP contribution in [0.3, 0.4) is 0 Å². The SMILES string of the molecule is Cc1ccn(Cc2ccc(OC(C)C)cc2)c(=O)c1N. The number of ether oxygens (including phenoxy) is 1. The average molecular weight is 272 g/mol. The molecule has 2 aromatic rings. The lowest BCUT2D eigenvalue weighted by molar-refractivity contribution is 0.242. The second-order valence-electron chi connectivity index (χ2n) is 5.16. The number of hydrogen-bond donors (Lipinski definition) is 1. The van der Waals surface area contributed by atoms with E-state index in [0.717, 1.165) is 16.9 Å². The van der Waals surface area contributed by atoms with Crippen LogP contribution in [0.1, 0.15) is 25.0 Å². The van der Waals surface area contributed by atoms with Crippen LogP contribution >= 0.6 is 0 Å². The summed E-state index contributed by atoms with van der Waals surface area (Å²) in [5, 5.41) is 0. The molecule has 0 aliphatic carbocycles. The van der Waals surface area contributed by atoms with E-state index >= 15 is 0 Å². The molecule has 0 bridgehead atoms. The predicted octanol–water partition coefficient (Wildman–Crippen LogP) is 2.57. The number of benzene rings is 1. The van der Waals surface area contributed by atoms with Crippen LogP contribution in [-0.2, 0) is 6.54 Å². The van der Waals surface area contributed by atoms with Crippen LogP contribution in [0.25, 0.3) is 0 Å². The minimum absolute atomic E-state index is 0.146. The molecule has 2 rings (SSSR count). The molecule has 0 atom stereocenters. The van der Waals surface area contributed by atoms with E-state index in [-0.39, 0.29) is 11.7 Å². The Morgan fingerprint density at radius 2 is 1.85 bits per heavy atom. The Morgan fingerprint density at radius 1 is 1.20 bits per heavy atom. The molecular weight excluding hydrogens is 252 g/mol. The lowest BCUT2D eigenvalue weighted by atomic mass is 10.2. The molecule has 0 fully saturated rings. The Kier molecular flexibility index (Phi) is 4.13. The number of rotatable bonds is 4. The molecule has 1 aromatic heterocycles. The van der Waals surface area contributed by atoms with Crippen LogP contribution in [0.4, 0.5) is 5.69 Å². The summed E-state index contributed by atoms with van der Waals surface area (Å²) in [7, 11) is 0. The number of aryl methyl sites for hydroxylation is 1. The Labute approximate surface area is 118 Å². The smallest absolute Gasteiger partial charge is 0.274 e. The van der Waals surface area contributed by atoms with Crippen LogP contribution < -0.4 is 16.0 Å². The second-order valence-corrected chi connectivity index (χ2v) is 5.16. The number of pyridine rings is 1. The lowest BCUT2D eigenvalue weighted by Gasteiger charge is -2.11. The van der Waals surface area contributed by atoms with Gasteiger partial charge >= 0.3 is 0 Å². The first-order valence-corrected chi connectivity index (χ1v) is 6.68. The highest BCUT2D eigenvalue weighted by Gasteiger charge is 2.04. The van der Waals surface area contributed by atoms with Gasteiger partial charge in [-0.2, -0.15) is 0 Å². The zero-order chi connectivity index (χ0) is 14.7. The fourth-order valence-corrected chi connectivity index (χ4v) is 1.95. The number of nitrogen functional groups attached to an aromatic ring is 1. The molecule has 1 heterocycles. The summed E-state index contributed by atoms with van der Waals surface area (Å²) in [5.41, 5.74) is 7.77. The van der Waals surface area contributed by atoms with Crippen LogP contribution in [0.2, 0.25) is 0 Å². The summed E-state index contributed by atoms with van der Waals surface area (Å²) in [6.07, 6.45) is 1.92. The van der Waals surface area contributed by atoms with E-state index in [1.807, 2.05) is 51.1 Å². The molecule has 0 saturated heterocycles. The third-order valence-electron chi connectivity index (χ3n) is 3.07. The molecule has 0 saturated carbocycles. The molecule has 4 heteroatoms. The van der Waals surface area contributed by atoms with Crippen molar-refractivity contribution in [1.29, 1.82) is 0 Å². The van der Waals surface area contributed by atoms with Gasteiger partial charge in [-0.15, -0.1) is 0 Å². The van der Waals surface area contributed by atoms with Crippen molar-refractivity contribution in [3.05, 3.63) is 58.0 Å². The maximum Gasteiger partial charge on any atom is 0.274 e. The molecular formula is C16H20N2O2. The lowest BCUT2D eigenvalue weighted by Crippen LogP contribution is -2.23. The van der Waals surface area contributed by atoms with Gasteiger partial charge in [-0.05, 0) is 50.1 Å². The van der Waals surface area contributed by atoms with Gasteiger partial charge < -0.3 is 15.0 Å². The summed E-state index contributed by atoms with van der Waals surface area (Å²) < 4.78 is 7.20. The highest BCUT2D eigenvalue weighted by atomic mass is 16.5. The van der Waals surface area contributed by atoms with Crippen LogP contribution in [-0.4, -0.2) is 10.7 Å². The van der Waals surface area contributed by atoms with Crippen molar-refractivity contribution >= 4 is 5.69 Å². The standard InChI is InChI=1S/C16H20N2O2/c1-11(2)20-14-6-4-13(5-7-14)10-18-9-8-12(3)15(17)16(18)19/h4-9,11H,10,17H2,1-3H3. The van der Waals surface area contributed by atoms with Crippen molar-refractivity contribution in [2.45, 2.75) is 33.4 Å². The van der Waals surface area contributed by atoms with E-state index in [9.17, 15) is 4.79 Å². The summed E-state index contributed by atoms with van der Waals surface area (Å²) in [6.45, 7) is 6.31. The zero-order valence-corrected chi connectivity index (χ0v) is 12.1. The third kappa shape index (κ3) is 3.20. The zero-order valence-electron chi connectivity index (χ0n) is 12.1. The van der Waals surface area contributed by atoms with Crippen molar-refractivity contribution in [3.63, 3.8) is 0 Å². The van der Waals surface area contributed by atoms with Crippen LogP contribution in [0.15, 0.2) is 41.3 Å². The van der Waals surface area contributed by atoms with Gasteiger partial charge in [0.2, 0.25) is 0 Å². The minimum Gasteiger partial charge on any atom is -0.491 e. The van der Waals surface area contributed by atoms with E-state index in [1.54, 1.807) is 10.8 Å². The maximum atomic E-state index is 12.0. The molecule has 0 amide bonds. The van der Waals surface area contributed by atoms with Gasteiger partial charge in [-0.1, -0.05) is 12.1 Å². The molecule has 0 aliphatic rings. The van der Waals surface area contributed by atoms with E-state index in [4.69, 9.17) is 10.5 Å². The molecule has 0 unspecified atom stereocenters. The normalized spacial score (nSPS) is 10.8. The van der Waals surface area contributed by atoms with Crippen molar-refractivity contribution < 1.29 is 4.74 Å². The van der Waals surface area contributed by atoms with Gasteiger partial charge in [0.15, 0.2) is 0 Å². The highest BCUT2D eigenvalue weighted by Crippen LogP contribution is 2.14. The second kappa shape index (κ2) is 5.82. The summed E-state index contributed by atoms with van der Waals surface area (Å²) in [5.74, 6) is 0.833. The van der Waals surface area contributed by atoms with Gasteiger partial charge in [0.25, 0.3) is 5.56 Å². The molecule has 106 valence electrons. The number of nitrogens with two attached hydrogens (primary N) is 1. The summed E-state index contributed by atoms with van der Waals surface area (Å²) in [4.78, 5) is 12.0. The number of aromatic nitrogens is 1. The fraction of sp³-hybridized carbons (Fsp3) is 0.312. The van der Waals surface area contributed by atoms with Gasteiger partial charge in [0.05, 0.1) is 12.6 Å². The molecule has 1 aromatic carbocycles. The predicted molar refractivity (Wildman–Crippen MR) is 81.2 cm³/mol. The van der Waals surface area contributed by atoms with Crippen molar-refractivity contribution in [2.24, 2.45) is 0 Å². The topological polar surface area (TPSA) is 57.2 Å². The van der Waals surface area contributed by atoms with E-state index in [0.29, 0.717) is 12.2 Å². The maximum absolute atomic E-state index is 12.0. The summed E-state index contributed by atoms with van der Waals surface area (Å²) in [6, 6.07) is 9.60. The Morgan fingerprint density at radius 3 is 2.45 bits per heavy atom. The first kappa shape index (κ1) is 14.2. The van der Waals surface area contributed by atoms with Gasteiger partial charge in [-0.25, -0.2) is 0 Å². The van der Waals surface area contributed by atoms with Crippen molar-refractivity contribution in [3.8, 4) is 5.75 Å². The quantitative estimate of drug-likeness (QED) is 0.930. The molecule has 2 N–H and O–H groups in total. The largest absolute Gasteiger partial charge is 0.491 e. The number of nitrogens with zero attached hydrogens (tertiary/aromatic N) is 1. The highest BCUT2D eigenvalue weighted by molar-refractivity contribution is 5.43. The van der Waals surface area contributed by atoms with Crippen molar-refractivity contribution in [2.75, 3.05) is 5.73 Å². The van der Waals surface area contributed by atoms with Crippen molar-refractivity contribution in [1.82, 2.24) is 4.57 Å². The van der Waals surface area contributed by atoms with E-state index < -0.39 is 0 Å². The van der Waals surface area contributed by atoms with Gasteiger partial charge in [-0.3, -0.25) is 4.79 Å². The summed E-state index contributed by atoms with van der Waals surface area (Å²) >= 11 is 0. The van der Waals surface area contributed by atoms with E-state index in [1.165, 1.54) is 0 Å². The Balaban J connectivity index is 2.18. The first-order valence-electron chi connectivity index (χ1n) is 6.68. The van der Waals surface area contributed by atoms with Crippen LogP contribution in [0, 0.1) is 6.92 Å². The monoisotopic (exact) mass is 272 g/mol. The fourth-order valence-electron chi connectivity index (χ4n) is 1.95. The molecule has 0 spiro atoms. The third-order valence-corrected chi connectivity index (χ3v) is 3.07. The number of hydrogen-bond acceptors (Lipinski definition) is 3. The minimum atomic E-state index is -0.146. The Hall–Kier alpha value is -2.23. The average Bonchev–Trinajstić information content (AvgIpc) is 2.41.